The molecule has 0 fully saturated rings. The van der Waals surface area contributed by atoms with Crippen molar-refractivity contribution in [2.75, 3.05) is 0 Å². The zero-order valence-electron chi connectivity index (χ0n) is 16.2. The fourth-order valence-corrected chi connectivity index (χ4v) is 2.64. The molecule has 8 nitrogen and oxygen atoms in total. The summed E-state index contributed by atoms with van der Waals surface area (Å²) in [7, 11) is 0. The average molecular weight is 418 g/mol. The third-order valence-electron chi connectivity index (χ3n) is 4.26. The molecule has 0 atom stereocenters. The molecule has 3 aromatic carbocycles. The number of aliphatic carboxylic acids is 1. The molecule has 0 saturated heterocycles. The highest BCUT2D eigenvalue weighted by atomic mass is 16.6. The van der Waals surface area contributed by atoms with Crippen LogP contribution in [0.1, 0.15) is 21.5 Å². The fraction of sp³-hybridized carbons (Fsp3) is 0.0435. The first-order valence-electron chi connectivity index (χ1n) is 9.20. The number of nitro groups is 1. The van der Waals surface area contributed by atoms with Gasteiger partial charge in [0.2, 0.25) is 0 Å². The molecular weight excluding hydrogens is 400 g/mol. The van der Waals surface area contributed by atoms with Gasteiger partial charge in [-0.25, -0.2) is 4.79 Å². The minimum Gasteiger partial charge on any atom is -0.489 e. The van der Waals surface area contributed by atoms with Crippen LogP contribution in [0.25, 0.3) is 6.08 Å². The van der Waals surface area contributed by atoms with Crippen molar-refractivity contribution < 1.29 is 24.4 Å². The third kappa shape index (κ3) is 6.01. The highest BCUT2D eigenvalue weighted by Gasteiger charge is 2.13. The first kappa shape index (κ1) is 21.3. The van der Waals surface area contributed by atoms with Crippen LogP contribution in [0.2, 0.25) is 0 Å². The van der Waals surface area contributed by atoms with E-state index in [9.17, 15) is 24.8 Å². The Bertz CT molecular complexity index is 1110. The lowest BCUT2D eigenvalue weighted by Crippen LogP contribution is -2.27. The lowest BCUT2D eigenvalue weighted by molar-refractivity contribution is -0.384. The Morgan fingerprint density at radius 3 is 2.19 bits per heavy atom. The molecule has 0 spiro atoms. The van der Waals surface area contributed by atoms with Gasteiger partial charge in [0, 0.05) is 17.7 Å². The maximum atomic E-state index is 12.2. The molecule has 0 aliphatic carbocycles. The Morgan fingerprint density at radius 1 is 0.968 bits per heavy atom. The van der Waals surface area contributed by atoms with Crippen LogP contribution in [0.15, 0.2) is 84.6 Å². The van der Waals surface area contributed by atoms with Crippen molar-refractivity contribution in [3.05, 3.63) is 111 Å². The molecule has 0 saturated carbocycles. The second kappa shape index (κ2) is 9.84. The normalized spacial score (nSPS) is 10.9. The van der Waals surface area contributed by atoms with Gasteiger partial charge in [0.05, 0.1) is 4.92 Å². The summed E-state index contributed by atoms with van der Waals surface area (Å²) in [5, 5.41) is 22.5. The highest BCUT2D eigenvalue weighted by molar-refractivity contribution is 6.02. The molecule has 31 heavy (non-hydrogen) atoms. The van der Waals surface area contributed by atoms with Gasteiger partial charge in [-0.05, 0) is 53.6 Å². The van der Waals surface area contributed by atoms with E-state index in [4.69, 9.17) is 4.74 Å². The summed E-state index contributed by atoms with van der Waals surface area (Å²) in [6, 6.07) is 21.0. The maximum absolute atomic E-state index is 12.2. The summed E-state index contributed by atoms with van der Waals surface area (Å²) in [6.45, 7) is 0.223. The molecule has 0 radical (unpaired) electrons. The van der Waals surface area contributed by atoms with Crippen LogP contribution in [0.4, 0.5) is 5.69 Å². The fourth-order valence-electron chi connectivity index (χ4n) is 2.64. The Balaban J connectivity index is 1.64. The van der Waals surface area contributed by atoms with Gasteiger partial charge in [-0.3, -0.25) is 14.9 Å². The van der Waals surface area contributed by atoms with E-state index < -0.39 is 16.8 Å². The molecule has 156 valence electrons. The van der Waals surface area contributed by atoms with E-state index in [1.165, 1.54) is 18.2 Å². The lowest BCUT2D eigenvalue weighted by Gasteiger charge is -2.08. The molecule has 0 bridgehead atoms. The Hall–Kier alpha value is -4.46. The largest absolute Gasteiger partial charge is 0.489 e. The zero-order chi connectivity index (χ0) is 22.2. The average Bonchev–Trinajstić information content (AvgIpc) is 2.79. The molecule has 2 N–H and O–H groups in total. The van der Waals surface area contributed by atoms with Gasteiger partial charge in [-0.1, -0.05) is 30.3 Å². The summed E-state index contributed by atoms with van der Waals surface area (Å²) in [5.41, 5.74) is 1.44. The number of amides is 1. The number of non-ortho nitro benzene ring substituents is 1. The maximum Gasteiger partial charge on any atom is 0.352 e. The molecule has 0 unspecified atom stereocenters. The van der Waals surface area contributed by atoms with Crippen molar-refractivity contribution in [1.29, 1.82) is 0 Å². The first-order valence-corrected chi connectivity index (χ1v) is 9.20. The summed E-state index contributed by atoms with van der Waals surface area (Å²) >= 11 is 0. The van der Waals surface area contributed by atoms with E-state index in [2.05, 4.69) is 5.32 Å². The second-order valence-corrected chi connectivity index (χ2v) is 6.46. The van der Waals surface area contributed by atoms with Gasteiger partial charge in [0.25, 0.3) is 11.6 Å². The standard InChI is InChI=1S/C23H18N2O6/c26-22(18-4-2-1-3-5-18)24-21(23(27)28)14-16-8-12-20(13-9-16)31-15-17-6-10-19(11-7-17)25(29)30/h1-14H,15H2,(H,24,26)(H,27,28)/b21-14+. The van der Waals surface area contributed by atoms with Crippen LogP contribution in [0.5, 0.6) is 5.75 Å². The van der Waals surface area contributed by atoms with E-state index >= 15 is 0 Å². The summed E-state index contributed by atoms with van der Waals surface area (Å²) < 4.78 is 5.65. The van der Waals surface area contributed by atoms with Gasteiger partial charge in [-0.2, -0.15) is 0 Å². The van der Waals surface area contributed by atoms with Gasteiger partial charge in [0.15, 0.2) is 0 Å². The number of carbonyl (C=O) groups is 2. The Morgan fingerprint density at radius 2 is 1.61 bits per heavy atom. The van der Waals surface area contributed by atoms with E-state index in [1.807, 2.05) is 0 Å². The predicted octanol–water partition coefficient (Wildman–Crippen LogP) is 4.03. The molecule has 3 aromatic rings. The van der Waals surface area contributed by atoms with Crippen LogP contribution >= 0.6 is 0 Å². The van der Waals surface area contributed by atoms with E-state index in [0.717, 1.165) is 5.56 Å². The molecule has 0 aliphatic rings. The van der Waals surface area contributed by atoms with Crippen molar-refractivity contribution in [3.63, 3.8) is 0 Å². The van der Waals surface area contributed by atoms with Crippen LogP contribution in [0, 0.1) is 10.1 Å². The number of nitro benzene ring substituents is 1. The number of ether oxygens (including phenoxy) is 1. The van der Waals surface area contributed by atoms with Crippen LogP contribution in [0.3, 0.4) is 0 Å². The summed E-state index contributed by atoms with van der Waals surface area (Å²) in [5.74, 6) is -1.24. The Kier molecular flexibility index (Phi) is 6.74. The first-order chi connectivity index (χ1) is 14.9. The quantitative estimate of drug-likeness (QED) is 0.324. The molecule has 8 heteroatoms. The van der Waals surface area contributed by atoms with E-state index in [0.29, 0.717) is 16.9 Å². The van der Waals surface area contributed by atoms with Crippen molar-refractivity contribution in [3.8, 4) is 5.75 Å². The number of carbonyl (C=O) groups excluding carboxylic acids is 1. The number of benzene rings is 3. The highest BCUT2D eigenvalue weighted by Crippen LogP contribution is 2.17. The molecule has 3 rings (SSSR count). The van der Waals surface area contributed by atoms with E-state index in [-0.39, 0.29) is 18.0 Å². The second-order valence-electron chi connectivity index (χ2n) is 6.46. The number of carboxylic acids is 1. The number of carboxylic acid groups (broad SMARTS) is 1. The molecule has 0 aliphatic heterocycles. The summed E-state index contributed by atoms with van der Waals surface area (Å²) in [4.78, 5) is 33.9. The zero-order valence-corrected chi connectivity index (χ0v) is 16.2. The van der Waals surface area contributed by atoms with Crippen molar-refractivity contribution in [2.24, 2.45) is 0 Å². The van der Waals surface area contributed by atoms with Crippen LogP contribution < -0.4 is 10.1 Å². The number of hydrogen-bond donors (Lipinski definition) is 2. The van der Waals surface area contributed by atoms with E-state index in [1.54, 1.807) is 66.7 Å². The van der Waals surface area contributed by atoms with Gasteiger partial charge >= 0.3 is 5.97 Å². The lowest BCUT2D eigenvalue weighted by atomic mass is 10.1. The monoisotopic (exact) mass is 418 g/mol. The predicted molar refractivity (Wildman–Crippen MR) is 113 cm³/mol. The SMILES string of the molecule is O=C(O)/C(=C\c1ccc(OCc2ccc([N+](=O)[O-])cc2)cc1)NC(=O)c1ccccc1. The van der Waals surface area contributed by atoms with Crippen LogP contribution in [-0.4, -0.2) is 21.9 Å². The molecule has 0 aromatic heterocycles. The van der Waals surface area contributed by atoms with Gasteiger partial charge < -0.3 is 15.2 Å². The molecule has 0 heterocycles. The number of rotatable bonds is 8. The molecule has 1 amide bonds. The van der Waals surface area contributed by atoms with Crippen LogP contribution in [-0.2, 0) is 11.4 Å². The number of nitrogens with one attached hydrogen (secondary N) is 1. The Labute approximate surface area is 177 Å². The number of hydrogen-bond acceptors (Lipinski definition) is 5. The van der Waals surface area contributed by atoms with Gasteiger partial charge in [0.1, 0.15) is 18.1 Å². The minimum atomic E-state index is -1.26. The molecular formula is C23H18N2O6. The number of nitrogens with zero attached hydrogens (tertiary/aromatic N) is 1. The van der Waals surface area contributed by atoms with Crippen molar-refractivity contribution in [2.45, 2.75) is 6.61 Å². The van der Waals surface area contributed by atoms with Crippen molar-refractivity contribution in [1.82, 2.24) is 5.32 Å². The summed E-state index contributed by atoms with van der Waals surface area (Å²) in [6.07, 6.45) is 1.35. The van der Waals surface area contributed by atoms with Crippen molar-refractivity contribution >= 4 is 23.6 Å². The minimum absolute atomic E-state index is 0.00785. The smallest absolute Gasteiger partial charge is 0.352 e. The third-order valence-corrected chi connectivity index (χ3v) is 4.26. The topological polar surface area (TPSA) is 119 Å². The van der Waals surface area contributed by atoms with Gasteiger partial charge in [-0.15, -0.1) is 0 Å².